The van der Waals surface area contributed by atoms with E-state index in [-0.39, 0.29) is 0 Å². The Morgan fingerprint density at radius 1 is 1.07 bits per heavy atom. The molecule has 2 aliphatic rings. The summed E-state index contributed by atoms with van der Waals surface area (Å²) in [6, 6.07) is 0. The maximum Gasteiger partial charge on any atom is -0.0231 e. The molecular formula is C14H24. The molecule has 2 aliphatic carbocycles. The average molecular weight is 192 g/mol. The van der Waals surface area contributed by atoms with E-state index in [0.29, 0.717) is 0 Å². The van der Waals surface area contributed by atoms with Crippen molar-refractivity contribution in [2.75, 3.05) is 0 Å². The van der Waals surface area contributed by atoms with Gasteiger partial charge >= 0.3 is 0 Å². The van der Waals surface area contributed by atoms with E-state index in [9.17, 15) is 0 Å². The van der Waals surface area contributed by atoms with Gasteiger partial charge in [-0.1, -0.05) is 38.7 Å². The standard InChI is InChI=1S/C14H24/c1-3-12-8-14(9-12)10-13-6-4-11(2)5-7-13/h3,11-14H,1,4-10H2,2H3. The molecule has 14 heavy (non-hydrogen) atoms. The van der Waals surface area contributed by atoms with Gasteiger partial charge in [-0.3, -0.25) is 0 Å². The molecule has 0 heterocycles. The molecule has 0 aliphatic heterocycles. The second-order valence-corrected chi connectivity index (χ2v) is 5.69. The SMILES string of the molecule is C=CC1CC(CC2CCC(C)CC2)C1. The van der Waals surface area contributed by atoms with Crippen LogP contribution in [-0.4, -0.2) is 0 Å². The van der Waals surface area contributed by atoms with Crippen LogP contribution in [0.25, 0.3) is 0 Å². The highest BCUT2D eigenvalue weighted by Gasteiger charge is 2.29. The van der Waals surface area contributed by atoms with Gasteiger partial charge in [0, 0.05) is 0 Å². The quantitative estimate of drug-likeness (QED) is 0.581. The highest BCUT2D eigenvalue weighted by molar-refractivity contribution is 4.91. The molecule has 80 valence electrons. The molecule has 0 radical (unpaired) electrons. The zero-order chi connectivity index (χ0) is 9.97. The van der Waals surface area contributed by atoms with E-state index < -0.39 is 0 Å². The van der Waals surface area contributed by atoms with Gasteiger partial charge in [0.15, 0.2) is 0 Å². The smallest absolute Gasteiger partial charge is 0.0231 e. The van der Waals surface area contributed by atoms with Crippen LogP contribution >= 0.6 is 0 Å². The van der Waals surface area contributed by atoms with E-state index in [0.717, 1.165) is 23.7 Å². The zero-order valence-corrected chi connectivity index (χ0v) is 9.54. The average Bonchev–Trinajstić information content (AvgIpc) is 2.13. The molecule has 0 unspecified atom stereocenters. The molecule has 0 heteroatoms. The first-order chi connectivity index (χ1) is 6.78. The molecule has 2 fully saturated rings. The Labute approximate surface area is 88.8 Å². The van der Waals surface area contributed by atoms with Crippen LogP contribution in [0.4, 0.5) is 0 Å². The molecular weight excluding hydrogens is 168 g/mol. The summed E-state index contributed by atoms with van der Waals surface area (Å²) in [5, 5.41) is 0. The van der Waals surface area contributed by atoms with Crippen molar-refractivity contribution >= 4 is 0 Å². The summed E-state index contributed by atoms with van der Waals surface area (Å²) in [5.41, 5.74) is 0. The van der Waals surface area contributed by atoms with Crippen molar-refractivity contribution in [3.8, 4) is 0 Å². The first-order valence-electron chi connectivity index (χ1n) is 6.40. The molecule has 0 aromatic rings. The largest absolute Gasteiger partial charge is 0.103 e. The van der Waals surface area contributed by atoms with Gasteiger partial charge in [-0.15, -0.1) is 6.58 Å². The van der Waals surface area contributed by atoms with Crippen LogP contribution in [-0.2, 0) is 0 Å². The Kier molecular flexibility index (Phi) is 3.30. The molecule has 0 spiro atoms. The molecule has 0 aromatic heterocycles. The molecule has 0 saturated heterocycles. The highest BCUT2D eigenvalue weighted by Crippen LogP contribution is 2.42. The Balaban J connectivity index is 1.64. The van der Waals surface area contributed by atoms with Gasteiger partial charge in [-0.25, -0.2) is 0 Å². The van der Waals surface area contributed by atoms with Crippen LogP contribution in [0.3, 0.4) is 0 Å². The molecule has 0 aromatic carbocycles. The Morgan fingerprint density at radius 2 is 1.71 bits per heavy atom. The van der Waals surface area contributed by atoms with Gasteiger partial charge in [0.1, 0.15) is 0 Å². The van der Waals surface area contributed by atoms with E-state index in [1.165, 1.54) is 44.9 Å². The summed E-state index contributed by atoms with van der Waals surface area (Å²) in [6.45, 7) is 6.28. The van der Waals surface area contributed by atoms with Crippen molar-refractivity contribution in [3.05, 3.63) is 12.7 Å². The van der Waals surface area contributed by atoms with E-state index in [1.807, 2.05) is 0 Å². The third kappa shape index (κ3) is 2.40. The minimum atomic E-state index is 0.863. The van der Waals surface area contributed by atoms with Gasteiger partial charge in [-0.2, -0.15) is 0 Å². The second-order valence-electron chi connectivity index (χ2n) is 5.69. The lowest BCUT2D eigenvalue weighted by Crippen LogP contribution is -2.25. The zero-order valence-electron chi connectivity index (χ0n) is 9.54. The van der Waals surface area contributed by atoms with Crippen molar-refractivity contribution in [2.24, 2.45) is 23.7 Å². The molecule has 0 nitrogen and oxygen atoms in total. The maximum absolute atomic E-state index is 3.87. The van der Waals surface area contributed by atoms with Crippen LogP contribution in [0.2, 0.25) is 0 Å². The Morgan fingerprint density at radius 3 is 2.29 bits per heavy atom. The number of hydrogen-bond acceptors (Lipinski definition) is 0. The molecule has 0 atom stereocenters. The topological polar surface area (TPSA) is 0 Å². The third-order valence-corrected chi connectivity index (χ3v) is 4.41. The summed E-state index contributed by atoms with van der Waals surface area (Å²) in [4.78, 5) is 0. The van der Waals surface area contributed by atoms with E-state index in [2.05, 4.69) is 19.6 Å². The first-order valence-corrected chi connectivity index (χ1v) is 6.40. The summed E-state index contributed by atoms with van der Waals surface area (Å²) >= 11 is 0. The number of rotatable bonds is 3. The first kappa shape index (κ1) is 10.3. The highest BCUT2D eigenvalue weighted by atomic mass is 14.3. The fraction of sp³-hybridized carbons (Fsp3) is 0.857. The van der Waals surface area contributed by atoms with Gasteiger partial charge in [0.2, 0.25) is 0 Å². The van der Waals surface area contributed by atoms with Crippen molar-refractivity contribution < 1.29 is 0 Å². The minimum Gasteiger partial charge on any atom is -0.103 e. The van der Waals surface area contributed by atoms with Crippen molar-refractivity contribution in [1.29, 1.82) is 0 Å². The van der Waals surface area contributed by atoms with Crippen LogP contribution in [0.5, 0.6) is 0 Å². The normalized spacial score (nSPS) is 42.9. The fourth-order valence-corrected chi connectivity index (χ4v) is 3.21. The van der Waals surface area contributed by atoms with Crippen molar-refractivity contribution in [3.63, 3.8) is 0 Å². The number of hydrogen-bond donors (Lipinski definition) is 0. The van der Waals surface area contributed by atoms with Gasteiger partial charge in [0.25, 0.3) is 0 Å². The third-order valence-electron chi connectivity index (χ3n) is 4.41. The lowest BCUT2D eigenvalue weighted by molar-refractivity contribution is 0.163. The van der Waals surface area contributed by atoms with E-state index in [1.54, 1.807) is 0 Å². The monoisotopic (exact) mass is 192 g/mol. The summed E-state index contributed by atoms with van der Waals surface area (Å²) in [5.74, 6) is 3.99. The second kappa shape index (κ2) is 4.51. The van der Waals surface area contributed by atoms with Gasteiger partial charge in [0.05, 0.1) is 0 Å². The van der Waals surface area contributed by atoms with Gasteiger partial charge < -0.3 is 0 Å². The molecule has 2 saturated carbocycles. The van der Waals surface area contributed by atoms with Crippen molar-refractivity contribution in [1.82, 2.24) is 0 Å². The molecule has 0 N–H and O–H groups in total. The fourth-order valence-electron chi connectivity index (χ4n) is 3.21. The van der Waals surface area contributed by atoms with E-state index >= 15 is 0 Å². The van der Waals surface area contributed by atoms with Crippen molar-refractivity contribution in [2.45, 2.75) is 51.9 Å². The molecule has 2 rings (SSSR count). The van der Waals surface area contributed by atoms with Crippen LogP contribution < -0.4 is 0 Å². The Bertz CT molecular complexity index is 180. The van der Waals surface area contributed by atoms with Gasteiger partial charge in [-0.05, 0) is 42.9 Å². The van der Waals surface area contributed by atoms with E-state index in [4.69, 9.17) is 0 Å². The van der Waals surface area contributed by atoms with Crippen LogP contribution in [0.1, 0.15) is 51.9 Å². The summed E-state index contributed by atoms with van der Waals surface area (Å²) in [7, 11) is 0. The van der Waals surface area contributed by atoms with Crippen LogP contribution in [0.15, 0.2) is 12.7 Å². The molecule has 0 bridgehead atoms. The van der Waals surface area contributed by atoms with Crippen LogP contribution in [0, 0.1) is 23.7 Å². The molecule has 0 amide bonds. The summed E-state index contributed by atoms with van der Waals surface area (Å²) in [6.07, 6.45) is 12.6. The predicted molar refractivity (Wildman–Crippen MR) is 62.2 cm³/mol. The minimum absolute atomic E-state index is 0.863. The predicted octanol–water partition coefficient (Wildman–Crippen LogP) is 4.42. The lowest BCUT2D eigenvalue weighted by Gasteiger charge is -2.37. The lowest BCUT2D eigenvalue weighted by atomic mass is 9.68. The maximum atomic E-state index is 3.87. The Hall–Kier alpha value is -0.260. The number of allylic oxidation sites excluding steroid dienone is 1. The summed E-state index contributed by atoms with van der Waals surface area (Å²) < 4.78 is 0.